The fourth-order valence-electron chi connectivity index (χ4n) is 2.58. The number of carbonyl (C=O) groups is 1. The highest BCUT2D eigenvalue weighted by Gasteiger charge is 2.50. The van der Waals surface area contributed by atoms with E-state index in [1.54, 1.807) is 6.07 Å². The number of benzene rings is 1. The zero-order valence-electron chi connectivity index (χ0n) is 9.09. The monoisotopic (exact) mass is 236 g/mol. The second kappa shape index (κ2) is 3.14. The van der Waals surface area contributed by atoms with Crippen molar-refractivity contribution in [2.75, 3.05) is 17.3 Å². The van der Waals surface area contributed by atoms with Gasteiger partial charge in [0, 0.05) is 12.1 Å². The van der Waals surface area contributed by atoms with Crippen molar-refractivity contribution in [3.8, 4) is 0 Å². The number of anilines is 2. The summed E-state index contributed by atoms with van der Waals surface area (Å²) in [4.78, 5) is 14.2. The second-order valence-electron chi connectivity index (χ2n) is 4.56. The summed E-state index contributed by atoms with van der Waals surface area (Å²) < 4.78 is 0. The molecule has 1 spiro atoms. The molecule has 4 heteroatoms. The quantitative estimate of drug-likeness (QED) is 0.751. The number of hydrogen-bond acceptors (Lipinski definition) is 2. The number of likely N-dealkylation sites (N-methyl/N-ethyl adjacent to an activating group) is 1. The number of amides is 1. The molecule has 1 aromatic carbocycles. The Morgan fingerprint density at radius 1 is 1.44 bits per heavy atom. The summed E-state index contributed by atoms with van der Waals surface area (Å²) in [5, 5.41) is 3.68. The fraction of sp³-hybridized carbons (Fsp3) is 0.417. The maximum Gasteiger partial charge on any atom is 0.250 e. The first-order chi connectivity index (χ1) is 7.63. The summed E-state index contributed by atoms with van der Waals surface area (Å²) in [7, 11) is 1.98. The van der Waals surface area contributed by atoms with E-state index in [9.17, 15) is 4.79 Å². The molecule has 2 aliphatic rings. The van der Waals surface area contributed by atoms with Crippen LogP contribution in [0.4, 0.5) is 11.4 Å². The summed E-state index contributed by atoms with van der Waals surface area (Å²) in [6, 6.07) is 5.57. The Balaban J connectivity index is 2.11. The zero-order chi connectivity index (χ0) is 11.3. The molecular formula is C12H13ClN2O. The van der Waals surface area contributed by atoms with E-state index >= 15 is 0 Å². The Bertz CT molecular complexity index is 468. The highest BCUT2D eigenvalue weighted by molar-refractivity contribution is 6.31. The summed E-state index contributed by atoms with van der Waals surface area (Å²) >= 11 is 5.99. The van der Waals surface area contributed by atoms with Gasteiger partial charge in [-0.1, -0.05) is 11.6 Å². The van der Waals surface area contributed by atoms with Crippen LogP contribution < -0.4 is 10.2 Å². The van der Waals surface area contributed by atoms with Crippen molar-refractivity contribution in [3.63, 3.8) is 0 Å². The lowest BCUT2D eigenvalue weighted by atomic mass is 9.73. The van der Waals surface area contributed by atoms with E-state index in [2.05, 4.69) is 10.2 Å². The molecule has 1 aliphatic carbocycles. The van der Waals surface area contributed by atoms with Crippen molar-refractivity contribution in [1.82, 2.24) is 0 Å². The summed E-state index contributed by atoms with van der Waals surface area (Å²) in [6.45, 7) is 0. The molecule has 0 atom stereocenters. The largest absolute Gasteiger partial charge is 0.358 e. The van der Waals surface area contributed by atoms with Crippen molar-refractivity contribution in [2.24, 2.45) is 0 Å². The smallest absolute Gasteiger partial charge is 0.250 e. The van der Waals surface area contributed by atoms with Crippen LogP contribution in [0.2, 0.25) is 5.02 Å². The topological polar surface area (TPSA) is 32.3 Å². The van der Waals surface area contributed by atoms with Gasteiger partial charge in [-0.15, -0.1) is 0 Å². The molecule has 3 nitrogen and oxygen atoms in total. The normalized spacial score (nSPS) is 21.4. The third kappa shape index (κ3) is 1.12. The van der Waals surface area contributed by atoms with Gasteiger partial charge in [-0.05, 0) is 37.5 Å². The molecular weight excluding hydrogens is 224 g/mol. The number of nitrogens with zero attached hydrogens (tertiary/aromatic N) is 1. The van der Waals surface area contributed by atoms with Gasteiger partial charge in [-0.3, -0.25) is 4.79 Å². The fourth-order valence-corrected chi connectivity index (χ4v) is 2.75. The van der Waals surface area contributed by atoms with Gasteiger partial charge in [0.15, 0.2) is 0 Å². The average Bonchev–Trinajstić information content (AvgIpc) is 2.17. The lowest BCUT2D eigenvalue weighted by molar-refractivity contribution is -0.124. The van der Waals surface area contributed by atoms with Crippen LogP contribution >= 0.6 is 11.6 Å². The Morgan fingerprint density at radius 3 is 2.81 bits per heavy atom. The van der Waals surface area contributed by atoms with Gasteiger partial charge in [0.1, 0.15) is 5.54 Å². The van der Waals surface area contributed by atoms with Gasteiger partial charge in [-0.25, -0.2) is 0 Å². The minimum Gasteiger partial charge on any atom is -0.358 e. The van der Waals surface area contributed by atoms with Crippen LogP contribution in [0.25, 0.3) is 0 Å². The van der Waals surface area contributed by atoms with Crippen molar-refractivity contribution in [2.45, 2.75) is 24.8 Å². The van der Waals surface area contributed by atoms with Gasteiger partial charge in [-0.2, -0.15) is 0 Å². The van der Waals surface area contributed by atoms with Gasteiger partial charge >= 0.3 is 0 Å². The first kappa shape index (κ1) is 9.97. The lowest BCUT2D eigenvalue weighted by Gasteiger charge is -2.51. The van der Waals surface area contributed by atoms with E-state index in [1.807, 2.05) is 19.2 Å². The molecule has 1 amide bonds. The van der Waals surface area contributed by atoms with Crippen molar-refractivity contribution >= 4 is 28.9 Å². The predicted octanol–water partition coefficient (Wildman–Crippen LogP) is 2.65. The molecule has 0 unspecified atom stereocenters. The molecule has 0 saturated heterocycles. The van der Waals surface area contributed by atoms with Crippen LogP contribution in [-0.2, 0) is 4.79 Å². The van der Waals surface area contributed by atoms with Crippen LogP contribution in [0, 0.1) is 0 Å². The first-order valence-corrected chi connectivity index (χ1v) is 5.86. The van der Waals surface area contributed by atoms with E-state index in [-0.39, 0.29) is 11.4 Å². The van der Waals surface area contributed by atoms with Gasteiger partial charge in [0.25, 0.3) is 0 Å². The summed E-state index contributed by atoms with van der Waals surface area (Å²) in [5.74, 6) is 0.121. The number of hydrogen-bond donors (Lipinski definition) is 1. The Labute approximate surface area is 99.4 Å². The third-order valence-corrected chi connectivity index (χ3v) is 4.05. The van der Waals surface area contributed by atoms with E-state index < -0.39 is 0 Å². The average molecular weight is 237 g/mol. The molecule has 0 bridgehead atoms. The number of fused-ring (bicyclic) bond motifs is 1. The molecule has 84 valence electrons. The van der Waals surface area contributed by atoms with Crippen molar-refractivity contribution < 1.29 is 4.79 Å². The van der Waals surface area contributed by atoms with E-state index in [0.29, 0.717) is 5.02 Å². The van der Waals surface area contributed by atoms with Crippen molar-refractivity contribution in [1.29, 1.82) is 0 Å². The zero-order valence-corrected chi connectivity index (χ0v) is 9.84. The number of rotatable bonds is 0. The number of halogens is 1. The highest BCUT2D eigenvalue weighted by atomic mass is 35.5. The molecule has 1 heterocycles. The molecule has 3 rings (SSSR count). The standard InChI is InChI=1S/C12H13ClN2O/c1-15-10-7-8(13)3-4-9(10)14-11(16)12(15)5-2-6-12/h3-4,7H,2,5-6H2,1H3,(H,14,16). The molecule has 0 aromatic heterocycles. The van der Waals surface area contributed by atoms with Gasteiger partial charge in [0.2, 0.25) is 5.91 Å². The SMILES string of the molecule is CN1c2cc(Cl)ccc2NC(=O)C12CCC2. The van der Waals surface area contributed by atoms with Crippen LogP contribution in [0.15, 0.2) is 18.2 Å². The van der Waals surface area contributed by atoms with Crippen LogP contribution in [0.1, 0.15) is 19.3 Å². The highest BCUT2D eigenvalue weighted by Crippen LogP contribution is 2.46. The predicted molar refractivity (Wildman–Crippen MR) is 65.1 cm³/mol. The summed E-state index contributed by atoms with van der Waals surface area (Å²) in [6.07, 6.45) is 2.98. The molecule has 1 aromatic rings. The van der Waals surface area contributed by atoms with Crippen LogP contribution in [0.3, 0.4) is 0 Å². The van der Waals surface area contributed by atoms with Gasteiger partial charge < -0.3 is 10.2 Å². The molecule has 0 radical (unpaired) electrons. The molecule has 16 heavy (non-hydrogen) atoms. The molecule has 1 N–H and O–H groups in total. The Morgan fingerprint density at radius 2 is 2.19 bits per heavy atom. The molecule has 1 aliphatic heterocycles. The van der Waals surface area contributed by atoms with Crippen LogP contribution in [0.5, 0.6) is 0 Å². The minimum atomic E-state index is -0.322. The second-order valence-corrected chi connectivity index (χ2v) is 5.00. The third-order valence-electron chi connectivity index (χ3n) is 3.81. The minimum absolute atomic E-state index is 0.121. The van der Waals surface area contributed by atoms with E-state index in [0.717, 1.165) is 30.6 Å². The molecule has 1 fully saturated rings. The molecule has 1 saturated carbocycles. The summed E-state index contributed by atoms with van der Waals surface area (Å²) in [5.41, 5.74) is 1.55. The Kier molecular flexibility index (Phi) is 1.96. The maximum absolute atomic E-state index is 12.1. The number of carbonyl (C=O) groups excluding carboxylic acids is 1. The Hall–Kier alpha value is -1.22. The number of nitrogens with one attached hydrogen (secondary N) is 1. The van der Waals surface area contributed by atoms with Crippen molar-refractivity contribution in [3.05, 3.63) is 23.2 Å². The lowest BCUT2D eigenvalue weighted by Crippen LogP contribution is -2.62. The first-order valence-electron chi connectivity index (χ1n) is 5.48. The van der Waals surface area contributed by atoms with E-state index in [1.165, 1.54) is 0 Å². The maximum atomic E-state index is 12.1. The van der Waals surface area contributed by atoms with E-state index in [4.69, 9.17) is 11.6 Å². The van der Waals surface area contributed by atoms with Gasteiger partial charge in [0.05, 0.1) is 11.4 Å². The van der Waals surface area contributed by atoms with Crippen LogP contribution in [-0.4, -0.2) is 18.5 Å².